The summed E-state index contributed by atoms with van der Waals surface area (Å²) in [5.74, 6) is 0.00670. The van der Waals surface area contributed by atoms with Crippen LogP contribution in [0.25, 0.3) is 0 Å². The van der Waals surface area contributed by atoms with Gasteiger partial charge in [-0.3, -0.25) is 9.78 Å². The summed E-state index contributed by atoms with van der Waals surface area (Å²) in [5.41, 5.74) is 0.390. The monoisotopic (exact) mass is 319 g/mol. The lowest BCUT2D eigenvalue weighted by Crippen LogP contribution is -2.55. The van der Waals surface area contributed by atoms with Crippen molar-refractivity contribution in [1.82, 2.24) is 9.88 Å². The highest BCUT2D eigenvalue weighted by Gasteiger charge is 2.43. The standard InChI is InChI=1S/C17H25N3O3/c21-15-4-2-12-23-17(15)6-10-20(11-7-17)9-5-16(22)19-14-3-1-8-18-13-14/h1,3,8,13,15,21H,2,4-7,9-12H2,(H,19,22)/t15-/m1/s1. The normalized spacial score (nSPS) is 24.5. The van der Waals surface area contributed by atoms with Crippen LogP contribution in [0.2, 0.25) is 0 Å². The zero-order valence-electron chi connectivity index (χ0n) is 13.4. The first-order valence-electron chi connectivity index (χ1n) is 8.42. The Morgan fingerprint density at radius 3 is 3.00 bits per heavy atom. The zero-order valence-corrected chi connectivity index (χ0v) is 13.4. The third-order valence-corrected chi connectivity index (χ3v) is 4.92. The van der Waals surface area contributed by atoms with E-state index in [2.05, 4.69) is 15.2 Å². The molecule has 0 aliphatic carbocycles. The average Bonchev–Trinajstić information content (AvgIpc) is 2.58. The van der Waals surface area contributed by atoms with Gasteiger partial charge in [0.1, 0.15) is 0 Å². The molecule has 0 saturated carbocycles. The molecule has 6 heteroatoms. The summed E-state index contributed by atoms with van der Waals surface area (Å²) in [7, 11) is 0. The van der Waals surface area contributed by atoms with E-state index >= 15 is 0 Å². The predicted octanol–water partition coefficient (Wildman–Crippen LogP) is 1.42. The topological polar surface area (TPSA) is 74.7 Å². The lowest BCUT2D eigenvalue weighted by atomic mass is 9.82. The molecule has 6 nitrogen and oxygen atoms in total. The number of likely N-dealkylation sites (tertiary alicyclic amines) is 1. The van der Waals surface area contributed by atoms with E-state index in [1.807, 2.05) is 6.07 Å². The number of hydrogen-bond acceptors (Lipinski definition) is 5. The zero-order chi connectivity index (χ0) is 16.1. The van der Waals surface area contributed by atoms with E-state index < -0.39 is 0 Å². The van der Waals surface area contributed by atoms with Crippen molar-refractivity contribution in [1.29, 1.82) is 0 Å². The number of ether oxygens (including phenoxy) is 1. The molecule has 2 aliphatic heterocycles. The highest BCUT2D eigenvalue weighted by atomic mass is 16.5. The van der Waals surface area contributed by atoms with Crippen LogP contribution in [0, 0.1) is 0 Å². The number of hydrogen-bond donors (Lipinski definition) is 2. The molecule has 2 aliphatic rings. The van der Waals surface area contributed by atoms with Gasteiger partial charge in [0.05, 0.1) is 23.6 Å². The largest absolute Gasteiger partial charge is 0.390 e. The Morgan fingerprint density at radius 2 is 2.30 bits per heavy atom. The minimum atomic E-state index is -0.341. The van der Waals surface area contributed by atoms with E-state index in [9.17, 15) is 9.90 Å². The number of anilines is 1. The van der Waals surface area contributed by atoms with Crippen molar-refractivity contribution in [3.63, 3.8) is 0 Å². The summed E-state index contributed by atoms with van der Waals surface area (Å²) in [5, 5.41) is 13.1. The maximum atomic E-state index is 12.0. The van der Waals surface area contributed by atoms with E-state index in [4.69, 9.17) is 4.74 Å². The second-order valence-corrected chi connectivity index (χ2v) is 6.45. The highest BCUT2D eigenvalue weighted by Crippen LogP contribution is 2.35. The maximum absolute atomic E-state index is 12.0. The summed E-state index contributed by atoms with van der Waals surface area (Å²) in [4.78, 5) is 18.2. The SMILES string of the molecule is O=C(CCN1CCC2(CC1)OCCC[C@H]2O)Nc1cccnc1. The van der Waals surface area contributed by atoms with Gasteiger partial charge in [-0.25, -0.2) is 0 Å². The molecule has 23 heavy (non-hydrogen) atoms. The molecule has 1 aromatic rings. The van der Waals surface area contributed by atoms with E-state index in [1.54, 1.807) is 18.5 Å². The van der Waals surface area contributed by atoms with Gasteiger partial charge >= 0.3 is 0 Å². The van der Waals surface area contributed by atoms with Crippen LogP contribution < -0.4 is 5.32 Å². The van der Waals surface area contributed by atoms with Crippen LogP contribution in [-0.4, -0.2) is 58.8 Å². The number of nitrogens with one attached hydrogen (secondary N) is 1. The van der Waals surface area contributed by atoms with Gasteiger partial charge in [-0.2, -0.15) is 0 Å². The van der Waals surface area contributed by atoms with Crippen LogP contribution in [0.15, 0.2) is 24.5 Å². The molecule has 0 unspecified atom stereocenters. The Hall–Kier alpha value is -1.50. The lowest BCUT2D eigenvalue weighted by molar-refractivity contribution is -0.176. The minimum Gasteiger partial charge on any atom is -0.390 e. The molecule has 0 radical (unpaired) electrons. The van der Waals surface area contributed by atoms with Gasteiger partial charge in [-0.1, -0.05) is 0 Å². The number of carbonyl (C=O) groups is 1. The first-order chi connectivity index (χ1) is 11.2. The van der Waals surface area contributed by atoms with Gasteiger partial charge in [-0.15, -0.1) is 0 Å². The molecule has 0 bridgehead atoms. The first-order valence-corrected chi connectivity index (χ1v) is 8.42. The Bertz CT molecular complexity index is 515. The van der Waals surface area contributed by atoms with Crippen LogP contribution in [-0.2, 0) is 9.53 Å². The van der Waals surface area contributed by atoms with Gasteiger partial charge in [0, 0.05) is 38.9 Å². The predicted molar refractivity (Wildman–Crippen MR) is 87.1 cm³/mol. The molecular weight excluding hydrogens is 294 g/mol. The van der Waals surface area contributed by atoms with Gasteiger partial charge in [-0.05, 0) is 37.8 Å². The number of aliphatic hydroxyl groups excluding tert-OH is 1. The number of carbonyl (C=O) groups excluding carboxylic acids is 1. The molecule has 2 N–H and O–H groups in total. The van der Waals surface area contributed by atoms with Crippen LogP contribution in [0.3, 0.4) is 0 Å². The molecule has 0 aromatic carbocycles. The third-order valence-electron chi connectivity index (χ3n) is 4.92. The van der Waals surface area contributed by atoms with Crippen molar-refractivity contribution < 1.29 is 14.6 Å². The third kappa shape index (κ3) is 4.07. The van der Waals surface area contributed by atoms with Crippen molar-refractivity contribution >= 4 is 11.6 Å². The van der Waals surface area contributed by atoms with Crippen molar-refractivity contribution in [2.45, 2.75) is 43.8 Å². The maximum Gasteiger partial charge on any atom is 0.225 e. The smallest absolute Gasteiger partial charge is 0.225 e. The second kappa shape index (κ2) is 7.38. The quantitative estimate of drug-likeness (QED) is 0.878. The van der Waals surface area contributed by atoms with E-state index in [1.165, 1.54) is 0 Å². The fraction of sp³-hybridized carbons (Fsp3) is 0.647. The first kappa shape index (κ1) is 16.4. The van der Waals surface area contributed by atoms with Crippen LogP contribution in [0.4, 0.5) is 5.69 Å². The van der Waals surface area contributed by atoms with Crippen molar-refractivity contribution in [3.8, 4) is 0 Å². The number of rotatable bonds is 4. The summed E-state index contributed by atoms with van der Waals surface area (Å²) >= 11 is 0. The molecule has 1 spiro atoms. The summed E-state index contributed by atoms with van der Waals surface area (Å²) in [6.07, 6.45) is 6.93. The van der Waals surface area contributed by atoms with Gasteiger partial charge in [0.2, 0.25) is 5.91 Å². The Labute approximate surface area is 136 Å². The van der Waals surface area contributed by atoms with Gasteiger partial charge in [0.15, 0.2) is 0 Å². The van der Waals surface area contributed by atoms with Crippen LogP contribution in [0.1, 0.15) is 32.1 Å². The molecule has 1 atom stereocenters. The fourth-order valence-electron chi connectivity index (χ4n) is 3.46. The van der Waals surface area contributed by atoms with Crippen LogP contribution in [0.5, 0.6) is 0 Å². The Kier molecular flexibility index (Phi) is 5.25. The molecule has 1 amide bonds. The average molecular weight is 319 g/mol. The van der Waals surface area contributed by atoms with Crippen molar-refractivity contribution in [3.05, 3.63) is 24.5 Å². The molecule has 2 saturated heterocycles. The molecule has 3 rings (SSSR count). The molecular formula is C17H25N3O3. The number of amides is 1. The Morgan fingerprint density at radius 1 is 1.48 bits per heavy atom. The van der Waals surface area contributed by atoms with Gasteiger partial charge in [0.25, 0.3) is 0 Å². The summed E-state index contributed by atoms with van der Waals surface area (Å²) in [6, 6.07) is 3.63. The molecule has 2 fully saturated rings. The number of pyridine rings is 1. The van der Waals surface area contributed by atoms with E-state index in [0.717, 1.165) is 57.6 Å². The van der Waals surface area contributed by atoms with Crippen LogP contribution >= 0.6 is 0 Å². The lowest BCUT2D eigenvalue weighted by Gasteiger charge is -2.46. The number of aliphatic hydroxyl groups is 1. The molecule has 126 valence electrons. The minimum absolute atomic E-state index is 0.00670. The van der Waals surface area contributed by atoms with E-state index in [0.29, 0.717) is 6.42 Å². The highest BCUT2D eigenvalue weighted by molar-refractivity contribution is 5.90. The molecule has 1 aromatic heterocycles. The van der Waals surface area contributed by atoms with E-state index in [-0.39, 0.29) is 17.6 Å². The Balaban J connectivity index is 1.41. The molecule has 3 heterocycles. The number of nitrogens with zero attached hydrogens (tertiary/aromatic N) is 2. The summed E-state index contributed by atoms with van der Waals surface area (Å²) < 4.78 is 5.91. The van der Waals surface area contributed by atoms with Crippen molar-refractivity contribution in [2.75, 3.05) is 31.6 Å². The second-order valence-electron chi connectivity index (χ2n) is 6.45. The summed E-state index contributed by atoms with van der Waals surface area (Å²) in [6.45, 7) is 3.23. The number of aromatic nitrogens is 1. The van der Waals surface area contributed by atoms with Crippen molar-refractivity contribution in [2.24, 2.45) is 0 Å². The fourth-order valence-corrected chi connectivity index (χ4v) is 3.46. The number of piperidine rings is 1. The van der Waals surface area contributed by atoms with Gasteiger partial charge < -0.3 is 20.1 Å².